The second-order valence-corrected chi connectivity index (χ2v) is 10.1. The van der Waals surface area contributed by atoms with Crippen LogP contribution in [0.4, 0.5) is 5.69 Å². The maximum atomic E-state index is 8.54. The van der Waals surface area contributed by atoms with E-state index in [1.54, 1.807) is 18.2 Å². The molecule has 1 aliphatic heterocycles. The van der Waals surface area contributed by atoms with Gasteiger partial charge >= 0.3 is 0 Å². The molecule has 0 spiro atoms. The molecule has 0 saturated carbocycles. The van der Waals surface area contributed by atoms with Crippen LogP contribution in [0, 0.1) is 10.8 Å². The Morgan fingerprint density at radius 2 is 1.83 bits per heavy atom. The second kappa shape index (κ2) is 8.95. The van der Waals surface area contributed by atoms with Crippen LogP contribution in [0.5, 0.6) is 0 Å². The topological polar surface area (TPSA) is 118 Å². The van der Waals surface area contributed by atoms with Crippen LogP contribution in [-0.4, -0.2) is 39.3 Å². The summed E-state index contributed by atoms with van der Waals surface area (Å²) in [6.45, 7) is 8.76. The number of rotatable bonds is 4. The summed E-state index contributed by atoms with van der Waals surface area (Å²) in [5.41, 5.74) is 6.56. The lowest BCUT2D eigenvalue weighted by Gasteiger charge is -2.49. The van der Waals surface area contributed by atoms with Crippen LogP contribution in [0.15, 0.2) is 30.6 Å². The first-order valence-corrected chi connectivity index (χ1v) is 10.6. The van der Waals surface area contributed by atoms with Gasteiger partial charge in [0, 0.05) is 42.1 Å². The quantitative estimate of drug-likeness (QED) is 0.212. The van der Waals surface area contributed by atoms with Crippen LogP contribution in [0.1, 0.15) is 46.1 Å². The zero-order chi connectivity index (χ0) is 22.0. The highest BCUT2D eigenvalue weighted by Crippen LogP contribution is 2.33. The molecule has 0 amide bonds. The number of hydrogen-bond donors (Lipinski definition) is 5. The lowest BCUT2D eigenvalue weighted by molar-refractivity contribution is 0.114. The van der Waals surface area contributed by atoms with E-state index in [0.717, 1.165) is 24.6 Å². The second-order valence-electron chi connectivity index (χ2n) is 8.72. The van der Waals surface area contributed by atoms with Crippen LogP contribution in [0.2, 0.25) is 5.02 Å². The lowest BCUT2D eigenvalue weighted by Crippen LogP contribution is -2.62. The molecule has 1 fully saturated rings. The van der Waals surface area contributed by atoms with Gasteiger partial charge in [-0.15, -0.1) is 0 Å². The average Bonchev–Trinajstić information content (AvgIpc) is 2.58. The van der Waals surface area contributed by atoms with Gasteiger partial charge in [-0.25, -0.2) is 5.84 Å². The molecule has 160 valence electrons. The fourth-order valence-corrected chi connectivity index (χ4v) is 5.06. The van der Waals surface area contributed by atoms with Crippen molar-refractivity contribution >= 4 is 39.3 Å². The summed E-state index contributed by atoms with van der Waals surface area (Å²) in [6.07, 6.45) is 4.71. The molecule has 0 aromatic heterocycles. The van der Waals surface area contributed by atoms with Crippen molar-refractivity contribution in [3.05, 3.63) is 41.2 Å². The van der Waals surface area contributed by atoms with Crippen molar-refractivity contribution in [2.24, 2.45) is 11.6 Å². The van der Waals surface area contributed by atoms with E-state index in [1.807, 2.05) is 11.9 Å². The zero-order valence-corrected chi connectivity index (χ0v) is 19.3. The Hall–Kier alpha value is -1.74. The first-order valence-electron chi connectivity index (χ1n) is 9.44. The number of piperidine rings is 1. The molecule has 0 atom stereocenters. The number of anilines is 1. The predicted molar refractivity (Wildman–Crippen MR) is 126 cm³/mol. The van der Waals surface area contributed by atoms with Gasteiger partial charge in [0.1, 0.15) is 5.04 Å². The van der Waals surface area contributed by atoms with Crippen molar-refractivity contribution < 1.29 is 0 Å². The number of hydrazine groups is 1. The highest BCUT2D eigenvalue weighted by atomic mass is 35.5. The van der Waals surface area contributed by atoms with Crippen molar-refractivity contribution in [2.75, 3.05) is 12.1 Å². The summed E-state index contributed by atoms with van der Waals surface area (Å²) in [5.74, 6) is 5.85. The first kappa shape index (κ1) is 23.5. The Morgan fingerprint density at radius 3 is 2.34 bits per heavy atom. The van der Waals surface area contributed by atoms with Gasteiger partial charge in [-0.2, -0.15) is 0 Å². The predicted octanol–water partition coefficient (Wildman–Crippen LogP) is 3.68. The van der Waals surface area contributed by atoms with Crippen LogP contribution in [-0.2, 0) is 0 Å². The van der Waals surface area contributed by atoms with E-state index in [9.17, 15) is 0 Å². The van der Waals surface area contributed by atoms with Gasteiger partial charge in [-0.05, 0) is 70.5 Å². The maximum Gasteiger partial charge on any atom is 0.162 e. The van der Waals surface area contributed by atoms with Crippen LogP contribution in [0.3, 0.4) is 0 Å². The van der Waals surface area contributed by atoms with Crippen LogP contribution in [0.25, 0.3) is 0 Å². The van der Waals surface area contributed by atoms with E-state index in [0.29, 0.717) is 21.4 Å². The Balaban J connectivity index is 2.09. The lowest BCUT2D eigenvalue weighted by atomic mass is 9.79. The third-order valence-corrected chi connectivity index (χ3v) is 6.20. The monoisotopic (exact) mass is 437 g/mol. The van der Waals surface area contributed by atoms with Gasteiger partial charge in [0.15, 0.2) is 5.17 Å². The van der Waals surface area contributed by atoms with Gasteiger partial charge in [0.05, 0.1) is 10.7 Å². The molecule has 1 aromatic rings. The summed E-state index contributed by atoms with van der Waals surface area (Å²) in [7, 11) is 1.93. The number of benzene rings is 1. The minimum Gasteiger partial charge on any atom is -0.403 e. The van der Waals surface area contributed by atoms with Gasteiger partial charge in [0.25, 0.3) is 0 Å². The number of nitrogens with one attached hydrogen (secondary N) is 3. The molecule has 7 N–H and O–H groups in total. The molecule has 0 radical (unpaired) electrons. The zero-order valence-electron chi connectivity index (χ0n) is 17.7. The molecule has 7 nitrogen and oxygen atoms in total. The fourth-order valence-electron chi connectivity index (χ4n) is 3.96. The molecule has 1 aliphatic rings. The van der Waals surface area contributed by atoms with E-state index in [4.69, 9.17) is 34.0 Å². The molecule has 1 heterocycles. The maximum absolute atomic E-state index is 8.54. The summed E-state index contributed by atoms with van der Waals surface area (Å²) >= 11 is 7.47. The highest BCUT2D eigenvalue weighted by molar-refractivity contribution is 8.26. The number of amidine groups is 1. The minimum absolute atomic E-state index is 0.00958. The standard InChI is InChI=1S/C20H32ClN7S/c1-19(2)11-14(12-20(3,4)26-19)27(5)18(24)29-17(23)15-7-6-13(10-16(15)21)28(25)9-8-22/h6-10,14,23-24,26H,11-12,22,25H2,1-5H3/b9-8-,23-17?,24-18?. The SMILES string of the molecule is CN(C(=N)SC(=N)c1ccc(N(N)/C=C\N)cc1Cl)C1CC(C)(C)NC(C)(C)C1. The molecule has 0 aliphatic carbocycles. The van der Waals surface area contributed by atoms with Gasteiger partial charge < -0.3 is 16.0 Å². The Morgan fingerprint density at radius 1 is 1.24 bits per heavy atom. The number of hydrogen-bond acceptors (Lipinski definition) is 7. The third kappa shape index (κ3) is 6.12. The Labute approximate surface area is 182 Å². The molecule has 1 aromatic carbocycles. The Bertz CT molecular complexity index is 790. The smallest absolute Gasteiger partial charge is 0.162 e. The summed E-state index contributed by atoms with van der Waals surface area (Å²) in [6, 6.07) is 5.40. The molecule has 9 heteroatoms. The van der Waals surface area contributed by atoms with Gasteiger partial charge in [-0.3, -0.25) is 15.8 Å². The van der Waals surface area contributed by atoms with Crippen LogP contribution < -0.4 is 21.9 Å². The minimum atomic E-state index is -0.00958. The van der Waals surface area contributed by atoms with E-state index in [-0.39, 0.29) is 22.2 Å². The molecule has 29 heavy (non-hydrogen) atoms. The number of halogens is 1. The van der Waals surface area contributed by atoms with Gasteiger partial charge in [0.2, 0.25) is 0 Å². The van der Waals surface area contributed by atoms with Gasteiger partial charge in [-0.1, -0.05) is 11.6 Å². The number of thioether (sulfide) groups is 1. The van der Waals surface area contributed by atoms with Crippen molar-refractivity contribution in [3.63, 3.8) is 0 Å². The summed E-state index contributed by atoms with van der Waals surface area (Å²) in [4.78, 5) is 1.97. The molecular weight excluding hydrogens is 406 g/mol. The normalized spacial score (nSPS) is 18.6. The number of nitrogens with two attached hydrogens (primary N) is 2. The van der Waals surface area contributed by atoms with E-state index in [1.165, 1.54) is 17.4 Å². The largest absolute Gasteiger partial charge is 0.403 e. The third-order valence-electron chi connectivity index (χ3n) is 4.98. The molecule has 2 rings (SSSR count). The van der Waals surface area contributed by atoms with E-state index < -0.39 is 0 Å². The Kier molecular flexibility index (Phi) is 7.27. The van der Waals surface area contributed by atoms with Crippen molar-refractivity contribution in [2.45, 2.75) is 57.7 Å². The van der Waals surface area contributed by atoms with E-state index in [2.05, 4.69) is 33.0 Å². The van der Waals surface area contributed by atoms with E-state index >= 15 is 0 Å². The van der Waals surface area contributed by atoms with Crippen molar-refractivity contribution in [1.82, 2.24) is 10.2 Å². The summed E-state index contributed by atoms with van der Waals surface area (Å²) in [5, 5.41) is 23.0. The average molecular weight is 438 g/mol. The molecular formula is C20H32ClN7S. The molecule has 0 bridgehead atoms. The highest BCUT2D eigenvalue weighted by Gasteiger charge is 2.39. The van der Waals surface area contributed by atoms with Crippen molar-refractivity contribution in [3.8, 4) is 0 Å². The molecule has 1 saturated heterocycles. The first-order chi connectivity index (χ1) is 13.3. The fraction of sp³-hybridized carbons (Fsp3) is 0.500. The van der Waals surface area contributed by atoms with Crippen LogP contribution >= 0.6 is 23.4 Å². The summed E-state index contributed by atoms with van der Waals surface area (Å²) < 4.78 is 0. The van der Waals surface area contributed by atoms with Crippen molar-refractivity contribution in [1.29, 1.82) is 10.8 Å². The molecule has 0 unspecified atom stereocenters. The number of nitrogens with zero attached hydrogens (tertiary/aromatic N) is 2.